The zero-order valence-electron chi connectivity index (χ0n) is 10.2. The average Bonchev–Trinajstić information content (AvgIpc) is 2.28. The average molecular weight is 316 g/mol. The van der Waals surface area contributed by atoms with E-state index in [9.17, 15) is 9.59 Å². The molecule has 1 aromatic heterocycles. The molecule has 0 bridgehead atoms. The van der Waals surface area contributed by atoms with E-state index in [0.717, 1.165) is 4.47 Å². The molecular formula is C12H14BrNO4. The minimum Gasteiger partial charge on any atom is -0.489 e. The Morgan fingerprint density at radius 1 is 1.50 bits per heavy atom. The molecule has 5 nitrogen and oxygen atoms in total. The fraction of sp³-hybridized carbons (Fsp3) is 0.500. The van der Waals surface area contributed by atoms with Gasteiger partial charge in [0, 0.05) is 19.3 Å². The number of esters is 1. The van der Waals surface area contributed by atoms with Gasteiger partial charge in [-0.15, -0.1) is 0 Å². The van der Waals surface area contributed by atoms with Crippen molar-refractivity contribution < 1.29 is 14.3 Å². The predicted octanol–water partition coefficient (Wildman–Crippen LogP) is 1.48. The lowest BCUT2D eigenvalue weighted by molar-refractivity contribution is -0.151. The normalized spacial score (nSPS) is 22.2. The highest BCUT2D eigenvalue weighted by atomic mass is 79.9. The van der Waals surface area contributed by atoms with Crippen molar-refractivity contribution in [3.63, 3.8) is 0 Å². The number of ether oxygens (including phenoxy) is 2. The topological polar surface area (TPSA) is 57.5 Å². The largest absolute Gasteiger partial charge is 0.489 e. The molecule has 0 atom stereocenters. The summed E-state index contributed by atoms with van der Waals surface area (Å²) in [7, 11) is 3.06. The molecule has 0 aliphatic heterocycles. The Bertz CT molecular complexity index is 519. The van der Waals surface area contributed by atoms with Gasteiger partial charge in [-0.25, -0.2) is 0 Å². The van der Waals surface area contributed by atoms with Crippen LogP contribution in [0.25, 0.3) is 0 Å². The van der Waals surface area contributed by atoms with Crippen molar-refractivity contribution in [1.29, 1.82) is 0 Å². The molecule has 1 aliphatic rings. The third-order valence-corrected chi connectivity index (χ3v) is 3.66. The van der Waals surface area contributed by atoms with E-state index < -0.39 is 0 Å². The van der Waals surface area contributed by atoms with E-state index in [1.165, 1.54) is 17.7 Å². The third kappa shape index (κ3) is 2.58. The molecule has 0 N–H and O–H groups in total. The molecule has 0 unspecified atom stereocenters. The van der Waals surface area contributed by atoms with Crippen LogP contribution in [0.1, 0.15) is 12.8 Å². The Kier molecular flexibility index (Phi) is 3.75. The van der Waals surface area contributed by atoms with E-state index in [-0.39, 0.29) is 23.6 Å². The maximum Gasteiger partial charge on any atom is 0.308 e. The van der Waals surface area contributed by atoms with E-state index in [0.29, 0.717) is 18.6 Å². The van der Waals surface area contributed by atoms with Crippen molar-refractivity contribution in [2.24, 2.45) is 13.0 Å². The molecule has 0 amide bonds. The first kappa shape index (κ1) is 13.1. The maximum atomic E-state index is 11.5. The van der Waals surface area contributed by atoms with Crippen LogP contribution in [-0.4, -0.2) is 23.8 Å². The minimum absolute atomic E-state index is 0.0301. The van der Waals surface area contributed by atoms with Crippen LogP contribution in [0.5, 0.6) is 5.75 Å². The van der Waals surface area contributed by atoms with Crippen LogP contribution < -0.4 is 10.3 Å². The summed E-state index contributed by atoms with van der Waals surface area (Å²) in [6, 6.07) is 1.44. The molecule has 0 aromatic carbocycles. The lowest BCUT2D eigenvalue weighted by atomic mass is 9.82. The monoisotopic (exact) mass is 315 g/mol. The van der Waals surface area contributed by atoms with Gasteiger partial charge in [0.15, 0.2) is 0 Å². The Hall–Kier alpha value is -1.30. The molecule has 1 heterocycles. The number of methoxy groups -OCH3 is 1. The first-order chi connectivity index (χ1) is 8.51. The SMILES string of the molecule is COC(=O)[C@H]1C[C@@H](Oc2cc(=O)n(C)cc2Br)C1. The van der Waals surface area contributed by atoms with Crippen molar-refractivity contribution in [2.75, 3.05) is 7.11 Å². The number of hydrogen-bond acceptors (Lipinski definition) is 4. The van der Waals surface area contributed by atoms with E-state index in [4.69, 9.17) is 4.74 Å². The van der Waals surface area contributed by atoms with Crippen LogP contribution in [0.15, 0.2) is 21.5 Å². The predicted molar refractivity (Wildman–Crippen MR) is 68.5 cm³/mol. The molecular weight excluding hydrogens is 302 g/mol. The number of pyridine rings is 1. The molecule has 0 saturated heterocycles. The van der Waals surface area contributed by atoms with E-state index in [2.05, 4.69) is 20.7 Å². The highest BCUT2D eigenvalue weighted by molar-refractivity contribution is 9.10. The molecule has 2 rings (SSSR count). The second kappa shape index (κ2) is 5.14. The first-order valence-corrected chi connectivity index (χ1v) is 6.41. The molecule has 1 fully saturated rings. The van der Waals surface area contributed by atoms with Gasteiger partial charge in [-0.2, -0.15) is 0 Å². The van der Waals surface area contributed by atoms with Gasteiger partial charge in [0.2, 0.25) is 0 Å². The summed E-state index contributed by atoms with van der Waals surface area (Å²) in [6.07, 6.45) is 2.90. The zero-order chi connectivity index (χ0) is 13.3. The Labute approximate surface area is 113 Å². The number of halogens is 1. The van der Waals surface area contributed by atoms with Gasteiger partial charge < -0.3 is 14.0 Å². The van der Waals surface area contributed by atoms with Crippen molar-refractivity contribution >= 4 is 21.9 Å². The number of aromatic nitrogens is 1. The summed E-state index contributed by atoms with van der Waals surface area (Å²) in [4.78, 5) is 22.7. The first-order valence-electron chi connectivity index (χ1n) is 5.62. The molecule has 0 radical (unpaired) electrons. The van der Waals surface area contributed by atoms with Crippen LogP contribution in [0, 0.1) is 5.92 Å². The molecule has 18 heavy (non-hydrogen) atoms. The number of rotatable bonds is 3. The lowest BCUT2D eigenvalue weighted by Gasteiger charge is -2.33. The van der Waals surface area contributed by atoms with Crippen LogP contribution in [0.4, 0.5) is 0 Å². The Morgan fingerprint density at radius 3 is 2.78 bits per heavy atom. The Morgan fingerprint density at radius 2 is 2.17 bits per heavy atom. The smallest absolute Gasteiger partial charge is 0.308 e. The van der Waals surface area contributed by atoms with Crippen molar-refractivity contribution in [3.05, 3.63) is 27.1 Å². The van der Waals surface area contributed by atoms with Crippen molar-refractivity contribution in [2.45, 2.75) is 18.9 Å². The van der Waals surface area contributed by atoms with Gasteiger partial charge in [0.05, 0.1) is 17.5 Å². The summed E-state index contributed by atoms with van der Waals surface area (Å²) in [5.41, 5.74) is -0.128. The van der Waals surface area contributed by atoms with Gasteiger partial charge >= 0.3 is 5.97 Å². The molecule has 6 heteroatoms. The summed E-state index contributed by atoms with van der Waals surface area (Å²) < 4.78 is 12.5. The zero-order valence-corrected chi connectivity index (χ0v) is 11.8. The second-order valence-electron chi connectivity index (χ2n) is 4.37. The summed E-state index contributed by atoms with van der Waals surface area (Å²) in [5.74, 6) is 0.245. The summed E-state index contributed by atoms with van der Waals surface area (Å²) in [5, 5.41) is 0. The highest BCUT2D eigenvalue weighted by Crippen LogP contribution is 2.34. The van der Waals surface area contributed by atoms with Crippen molar-refractivity contribution in [1.82, 2.24) is 4.57 Å². The highest BCUT2D eigenvalue weighted by Gasteiger charge is 2.37. The molecule has 0 spiro atoms. The summed E-state index contributed by atoms with van der Waals surface area (Å²) >= 11 is 3.34. The number of nitrogens with zero attached hydrogens (tertiary/aromatic N) is 1. The van der Waals surface area contributed by atoms with Crippen LogP contribution in [0.2, 0.25) is 0 Å². The number of carbonyl (C=O) groups excluding carboxylic acids is 1. The van der Waals surface area contributed by atoms with Gasteiger partial charge in [-0.1, -0.05) is 0 Å². The minimum atomic E-state index is -0.196. The van der Waals surface area contributed by atoms with Crippen LogP contribution >= 0.6 is 15.9 Å². The lowest BCUT2D eigenvalue weighted by Crippen LogP contribution is -2.39. The van der Waals surface area contributed by atoms with E-state index in [1.807, 2.05) is 0 Å². The number of hydrogen-bond donors (Lipinski definition) is 0. The number of aryl methyl sites for hydroxylation is 1. The fourth-order valence-electron chi connectivity index (χ4n) is 1.87. The molecule has 1 aliphatic carbocycles. The quantitative estimate of drug-likeness (QED) is 0.793. The third-order valence-electron chi connectivity index (χ3n) is 3.07. The second-order valence-corrected chi connectivity index (χ2v) is 5.22. The van der Waals surface area contributed by atoms with Gasteiger partial charge in [-0.05, 0) is 28.8 Å². The maximum absolute atomic E-state index is 11.5. The molecule has 98 valence electrons. The summed E-state index contributed by atoms with van der Waals surface area (Å²) in [6.45, 7) is 0. The molecule has 1 saturated carbocycles. The van der Waals surface area contributed by atoms with Crippen LogP contribution in [-0.2, 0) is 16.6 Å². The van der Waals surface area contributed by atoms with Gasteiger partial charge in [-0.3, -0.25) is 9.59 Å². The van der Waals surface area contributed by atoms with E-state index >= 15 is 0 Å². The fourth-order valence-corrected chi connectivity index (χ4v) is 2.39. The Balaban J connectivity index is 1.99. The molecule has 1 aromatic rings. The van der Waals surface area contributed by atoms with Gasteiger partial charge in [0.25, 0.3) is 5.56 Å². The van der Waals surface area contributed by atoms with E-state index in [1.54, 1.807) is 13.2 Å². The standard InChI is InChI=1S/C12H14BrNO4/c1-14-6-9(13)10(5-11(14)15)18-8-3-7(4-8)12(16)17-2/h5-8H,3-4H2,1-2H3/t7-,8+. The van der Waals surface area contributed by atoms with Crippen LogP contribution in [0.3, 0.4) is 0 Å². The van der Waals surface area contributed by atoms with Gasteiger partial charge in [0.1, 0.15) is 11.9 Å². The van der Waals surface area contributed by atoms with Crippen molar-refractivity contribution in [3.8, 4) is 5.75 Å². The number of carbonyl (C=O) groups is 1.